The molecule has 1 heterocycles. The standard InChI is InChI=1S/C30H22N2O2S.Pt/c33-25-17-9-7-15-23(25)19-31-27-28(32-20-24-16-8-10-18-26(24)34)30(22-13-5-2-6-14-22)35-29(27)21-11-3-1-4-12-21;/h1-20,33-34H;. The van der Waals surface area contributed by atoms with Gasteiger partial charge >= 0.3 is 0 Å². The Labute approximate surface area is 228 Å². The van der Waals surface area contributed by atoms with E-state index in [9.17, 15) is 10.2 Å². The van der Waals surface area contributed by atoms with Gasteiger partial charge in [-0.05, 0) is 35.4 Å². The molecule has 1 aromatic heterocycles. The summed E-state index contributed by atoms with van der Waals surface area (Å²) in [5.41, 5.74) is 4.71. The number of rotatable bonds is 6. The molecule has 0 fully saturated rings. The monoisotopic (exact) mass is 669 g/mol. The van der Waals surface area contributed by atoms with Crippen molar-refractivity contribution >= 4 is 35.1 Å². The third-order valence-corrected chi connectivity index (χ3v) is 6.74. The molecule has 6 heteroatoms. The molecule has 4 aromatic carbocycles. The van der Waals surface area contributed by atoms with Gasteiger partial charge < -0.3 is 10.2 Å². The first kappa shape index (κ1) is 25.3. The fraction of sp³-hybridized carbons (Fsp3) is 0. The minimum atomic E-state index is 0. The van der Waals surface area contributed by atoms with E-state index >= 15 is 0 Å². The second kappa shape index (κ2) is 11.8. The van der Waals surface area contributed by atoms with Crippen molar-refractivity contribution < 1.29 is 31.3 Å². The fourth-order valence-corrected chi connectivity index (χ4v) is 4.89. The molecular formula is C30H22N2O2PtS. The van der Waals surface area contributed by atoms with E-state index in [1.54, 1.807) is 48.0 Å². The van der Waals surface area contributed by atoms with Crippen molar-refractivity contribution in [1.29, 1.82) is 0 Å². The van der Waals surface area contributed by atoms with Gasteiger partial charge in [0, 0.05) is 44.6 Å². The van der Waals surface area contributed by atoms with E-state index in [0.29, 0.717) is 22.5 Å². The first-order valence-corrected chi connectivity index (χ1v) is 11.9. The molecule has 0 saturated carbocycles. The van der Waals surface area contributed by atoms with Crippen LogP contribution < -0.4 is 0 Å². The number of aliphatic imine (C=N–C) groups is 2. The summed E-state index contributed by atoms with van der Waals surface area (Å²) in [6.07, 6.45) is 3.33. The van der Waals surface area contributed by atoms with E-state index in [1.807, 2.05) is 60.7 Å². The Balaban J connectivity index is 0.00000304. The van der Waals surface area contributed by atoms with E-state index in [4.69, 9.17) is 9.98 Å². The molecule has 0 aliphatic rings. The van der Waals surface area contributed by atoms with Gasteiger partial charge in [-0.2, -0.15) is 0 Å². The molecule has 0 unspecified atom stereocenters. The van der Waals surface area contributed by atoms with E-state index in [1.165, 1.54) is 0 Å². The Bertz CT molecular complexity index is 1400. The zero-order valence-corrected chi connectivity index (χ0v) is 22.1. The topological polar surface area (TPSA) is 65.2 Å². The summed E-state index contributed by atoms with van der Waals surface area (Å²) < 4.78 is 0. The first-order chi connectivity index (χ1) is 17.2. The number of phenols is 2. The zero-order chi connectivity index (χ0) is 24.0. The maximum absolute atomic E-state index is 10.3. The molecule has 5 aromatic rings. The number of phenolic OH excluding ortho intramolecular Hbond substituents is 2. The van der Waals surface area contributed by atoms with Gasteiger partial charge in [0.05, 0.1) is 9.75 Å². The van der Waals surface area contributed by atoms with Crippen molar-refractivity contribution in [3.05, 3.63) is 120 Å². The van der Waals surface area contributed by atoms with Crippen LogP contribution in [0.4, 0.5) is 11.4 Å². The minimum absolute atomic E-state index is 0. The van der Waals surface area contributed by atoms with Gasteiger partial charge in [0.25, 0.3) is 0 Å². The molecular weight excluding hydrogens is 647 g/mol. The van der Waals surface area contributed by atoms with E-state index < -0.39 is 0 Å². The smallest absolute Gasteiger partial charge is 0.124 e. The summed E-state index contributed by atoms with van der Waals surface area (Å²) in [6, 6.07) is 34.4. The molecule has 4 nitrogen and oxygen atoms in total. The summed E-state index contributed by atoms with van der Waals surface area (Å²) in [5.74, 6) is 0.325. The molecule has 5 rings (SSSR count). The third kappa shape index (κ3) is 5.54. The van der Waals surface area contributed by atoms with Crippen LogP contribution in [0.5, 0.6) is 11.5 Å². The molecule has 0 saturated heterocycles. The van der Waals surface area contributed by atoms with Crippen LogP contribution in [0.25, 0.3) is 20.9 Å². The summed E-state index contributed by atoms with van der Waals surface area (Å²) in [4.78, 5) is 11.6. The summed E-state index contributed by atoms with van der Waals surface area (Å²) >= 11 is 1.62. The second-order valence-corrected chi connectivity index (χ2v) is 8.84. The quantitative estimate of drug-likeness (QED) is 0.180. The Morgan fingerprint density at radius 2 is 0.861 bits per heavy atom. The van der Waals surface area contributed by atoms with Crippen LogP contribution in [0, 0.1) is 0 Å². The maximum atomic E-state index is 10.3. The molecule has 0 aliphatic heterocycles. The summed E-state index contributed by atoms with van der Waals surface area (Å²) in [7, 11) is 0. The summed E-state index contributed by atoms with van der Waals surface area (Å²) in [6.45, 7) is 0. The van der Waals surface area contributed by atoms with Gasteiger partial charge in [-0.3, -0.25) is 9.98 Å². The molecule has 0 bridgehead atoms. The third-order valence-electron chi connectivity index (χ3n) is 5.47. The molecule has 0 spiro atoms. The SMILES string of the molecule is Oc1ccccc1C=Nc1c(-c2ccccc2)sc(-c2ccccc2)c1N=Cc1ccccc1O.[Pt]. The number of thiophene rings is 1. The van der Waals surface area contributed by atoms with Gasteiger partial charge in [-0.25, -0.2) is 0 Å². The molecule has 180 valence electrons. The van der Waals surface area contributed by atoms with Crippen LogP contribution >= 0.6 is 11.3 Å². The second-order valence-electron chi connectivity index (χ2n) is 7.82. The van der Waals surface area contributed by atoms with Crippen molar-refractivity contribution in [2.75, 3.05) is 0 Å². The zero-order valence-electron chi connectivity index (χ0n) is 19.1. The molecule has 2 N–H and O–H groups in total. The van der Waals surface area contributed by atoms with Crippen LogP contribution in [0.1, 0.15) is 11.1 Å². The molecule has 0 amide bonds. The predicted molar refractivity (Wildman–Crippen MR) is 146 cm³/mol. The molecule has 0 aliphatic carbocycles. The van der Waals surface area contributed by atoms with Crippen molar-refractivity contribution in [1.82, 2.24) is 0 Å². The van der Waals surface area contributed by atoms with E-state index in [0.717, 1.165) is 20.9 Å². The average molecular weight is 670 g/mol. The Morgan fingerprint density at radius 3 is 1.25 bits per heavy atom. The normalized spacial score (nSPS) is 11.1. The molecule has 0 radical (unpaired) electrons. The number of aromatic hydroxyl groups is 2. The van der Waals surface area contributed by atoms with Crippen molar-refractivity contribution in [2.24, 2.45) is 9.98 Å². The number of benzene rings is 4. The average Bonchev–Trinajstić information content (AvgIpc) is 3.27. The van der Waals surface area contributed by atoms with Crippen LogP contribution in [-0.2, 0) is 21.1 Å². The maximum Gasteiger partial charge on any atom is 0.124 e. The van der Waals surface area contributed by atoms with Crippen molar-refractivity contribution in [3.63, 3.8) is 0 Å². The largest absolute Gasteiger partial charge is 0.507 e. The summed E-state index contributed by atoms with van der Waals surface area (Å²) in [5, 5.41) is 20.5. The van der Waals surface area contributed by atoms with E-state index in [-0.39, 0.29) is 32.6 Å². The van der Waals surface area contributed by atoms with Crippen LogP contribution in [0.2, 0.25) is 0 Å². The van der Waals surface area contributed by atoms with Crippen molar-refractivity contribution in [2.45, 2.75) is 0 Å². The van der Waals surface area contributed by atoms with Gasteiger partial charge in [0.2, 0.25) is 0 Å². The molecule has 36 heavy (non-hydrogen) atoms. The van der Waals surface area contributed by atoms with Gasteiger partial charge in [-0.15, -0.1) is 11.3 Å². The Hall–Kier alpha value is -3.79. The number of nitrogens with zero attached hydrogens (tertiary/aromatic N) is 2. The fourth-order valence-electron chi connectivity index (χ4n) is 3.69. The number of para-hydroxylation sites is 2. The first-order valence-electron chi connectivity index (χ1n) is 11.1. The van der Waals surface area contributed by atoms with Gasteiger partial charge in [0.15, 0.2) is 0 Å². The minimum Gasteiger partial charge on any atom is -0.507 e. The number of hydrogen-bond acceptors (Lipinski definition) is 5. The Kier molecular flexibility index (Phi) is 8.27. The van der Waals surface area contributed by atoms with Crippen LogP contribution in [0.15, 0.2) is 119 Å². The van der Waals surface area contributed by atoms with Crippen LogP contribution in [-0.4, -0.2) is 22.6 Å². The van der Waals surface area contributed by atoms with Crippen LogP contribution in [0.3, 0.4) is 0 Å². The number of hydrogen-bond donors (Lipinski definition) is 2. The van der Waals surface area contributed by atoms with E-state index in [2.05, 4.69) is 24.3 Å². The van der Waals surface area contributed by atoms with Crippen molar-refractivity contribution in [3.8, 4) is 32.4 Å². The van der Waals surface area contributed by atoms with Gasteiger partial charge in [0.1, 0.15) is 22.9 Å². The predicted octanol–water partition coefficient (Wildman–Crippen LogP) is 7.99. The molecule has 0 atom stereocenters. The van der Waals surface area contributed by atoms with Gasteiger partial charge in [-0.1, -0.05) is 84.9 Å². The Morgan fingerprint density at radius 1 is 0.500 bits per heavy atom.